The number of imide groups is 1. The molecule has 0 aliphatic carbocycles. The van der Waals surface area contributed by atoms with Crippen molar-refractivity contribution in [3.63, 3.8) is 0 Å². The van der Waals surface area contributed by atoms with Gasteiger partial charge in [-0.15, -0.1) is 23.5 Å². The third-order valence-corrected chi connectivity index (χ3v) is 6.37. The van der Waals surface area contributed by atoms with Crippen LogP contribution in [0.5, 0.6) is 0 Å². The summed E-state index contributed by atoms with van der Waals surface area (Å²) >= 11 is 1.99. The number of carbonyl (C=O) groups is 2. The van der Waals surface area contributed by atoms with Crippen molar-refractivity contribution in [1.29, 1.82) is 0 Å². The summed E-state index contributed by atoms with van der Waals surface area (Å²) in [5.74, 6) is -1.29. The largest absolute Gasteiger partial charge is 0.401 e. The zero-order valence-electron chi connectivity index (χ0n) is 12.0. The normalized spacial score (nSPS) is 29.2. The smallest absolute Gasteiger partial charge is 0.277 e. The summed E-state index contributed by atoms with van der Waals surface area (Å²) in [5.41, 5.74) is 0.517. The van der Waals surface area contributed by atoms with Crippen molar-refractivity contribution in [1.82, 2.24) is 4.90 Å². The second kappa shape index (κ2) is 6.39. The minimum Gasteiger partial charge on any atom is -0.277 e. The van der Waals surface area contributed by atoms with Crippen LogP contribution in [0.15, 0.2) is 30.3 Å². The standard InChI is InChI=1S/C15H14F3NO2S2/c16-15(17,18)14-13(9-4-2-1-3-5-9)10(6-23-14)19-11(20)7-22-8-12(19)21/h1-5,10,13-14H,6-8H2. The van der Waals surface area contributed by atoms with Gasteiger partial charge in [-0.05, 0) is 5.56 Å². The van der Waals surface area contributed by atoms with Gasteiger partial charge in [0.25, 0.3) is 0 Å². The third-order valence-electron chi connectivity index (χ3n) is 4.01. The first-order valence-corrected chi connectivity index (χ1v) is 9.26. The summed E-state index contributed by atoms with van der Waals surface area (Å²) in [4.78, 5) is 25.3. The monoisotopic (exact) mass is 361 g/mol. The van der Waals surface area contributed by atoms with Crippen LogP contribution in [0.25, 0.3) is 0 Å². The number of alkyl halides is 3. The summed E-state index contributed by atoms with van der Waals surface area (Å²) in [6.07, 6.45) is -4.38. The molecule has 23 heavy (non-hydrogen) atoms. The van der Waals surface area contributed by atoms with Crippen LogP contribution in [0.3, 0.4) is 0 Å². The number of thioether (sulfide) groups is 2. The number of amides is 2. The number of halogens is 3. The fraction of sp³-hybridized carbons (Fsp3) is 0.467. The first-order valence-electron chi connectivity index (χ1n) is 7.05. The van der Waals surface area contributed by atoms with Crippen molar-refractivity contribution in [3.05, 3.63) is 35.9 Å². The number of carbonyl (C=O) groups excluding carboxylic acids is 2. The molecule has 3 atom stereocenters. The van der Waals surface area contributed by atoms with Crippen molar-refractivity contribution >= 4 is 35.3 Å². The maximum Gasteiger partial charge on any atom is 0.401 e. The highest BCUT2D eigenvalue weighted by Crippen LogP contribution is 2.49. The van der Waals surface area contributed by atoms with E-state index in [0.29, 0.717) is 5.56 Å². The lowest BCUT2D eigenvalue weighted by Crippen LogP contribution is -2.52. The molecule has 8 heteroatoms. The fourth-order valence-electron chi connectivity index (χ4n) is 3.09. The predicted molar refractivity (Wildman–Crippen MR) is 84.5 cm³/mol. The third kappa shape index (κ3) is 3.24. The van der Waals surface area contributed by atoms with E-state index in [1.54, 1.807) is 30.3 Å². The highest BCUT2D eigenvalue weighted by Gasteiger charge is 2.55. The molecule has 2 aliphatic rings. The molecule has 3 nitrogen and oxygen atoms in total. The van der Waals surface area contributed by atoms with Gasteiger partial charge in [0.05, 0.1) is 17.5 Å². The van der Waals surface area contributed by atoms with Crippen molar-refractivity contribution < 1.29 is 22.8 Å². The van der Waals surface area contributed by atoms with Gasteiger partial charge in [-0.1, -0.05) is 30.3 Å². The van der Waals surface area contributed by atoms with E-state index in [1.165, 1.54) is 11.8 Å². The first-order chi connectivity index (χ1) is 10.9. The molecular formula is C15H14F3NO2S2. The van der Waals surface area contributed by atoms with E-state index in [1.807, 2.05) is 0 Å². The number of nitrogens with zero attached hydrogens (tertiary/aromatic N) is 1. The molecule has 0 N–H and O–H groups in total. The summed E-state index contributed by atoms with van der Waals surface area (Å²) in [5, 5.41) is -1.61. The maximum absolute atomic E-state index is 13.4. The number of hydrogen-bond acceptors (Lipinski definition) is 4. The molecule has 0 radical (unpaired) electrons. The molecule has 2 heterocycles. The number of hydrogen-bond donors (Lipinski definition) is 0. The Morgan fingerprint density at radius 3 is 2.22 bits per heavy atom. The van der Waals surface area contributed by atoms with E-state index in [-0.39, 0.29) is 29.1 Å². The van der Waals surface area contributed by atoms with Gasteiger partial charge in [-0.2, -0.15) is 13.2 Å². The topological polar surface area (TPSA) is 37.4 Å². The van der Waals surface area contributed by atoms with Crippen LogP contribution < -0.4 is 0 Å². The molecular weight excluding hydrogens is 347 g/mol. The van der Waals surface area contributed by atoms with Crippen LogP contribution in [-0.4, -0.2) is 51.4 Å². The summed E-state index contributed by atoms with van der Waals surface area (Å²) in [7, 11) is 0. The molecule has 1 aromatic carbocycles. The van der Waals surface area contributed by atoms with E-state index < -0.39 is 23.4 Å². The molecule has 124 valence electrons. The number of rotatable bonds is 2. The van der Waals surface area contributed by atoms with Gasteiger partial charge < -0.3 is 0 Å². The Balaban J connectivity index is 1.99. The Kier molecular flexibility index (Phi) is 4.64. The minimum atomic E-state index is -4.38. The van der Waals surface area contributed by atoms with Crippen LogP contribution >= 0.6 is 23.5 Å². The second-order valence-electron chi connectivity index (χ2n) is 5.45. The van der Waals surface area contributed by atoms with Gasteiger partial charge in [0.1, 0.15) is 5.25 Å². The van der Waals surface area contributed by atoms with Gasteiger partial charge >= 0.3 is 6.18 Å². The average Bonchev–Trinajstić information content (AvgIpc) is 2.93. The van der Waals surface area contributed by atoms with Crippen LogP contribution in [0.4, 0.5) is 13.2 Å². The SMILES string of the molecule is O=C1CSCC(=O)N1C1CSC(C(F)(F)F)C1c1ccccc1. The van der Waals surface area contributed by atoms with E-state index >= 15 is 0 Å². The van der Waals surface area contributed by atoms with E-state index in [9.17, 15) is 22.8 Å². The van der Waals surface area contributed by atoms with E-state index in [2.05, 4.69) is 0 Å². The van der Waals surface area contributed by atoms with Crippen molar-refractivity contribution in [2.45, 2.75) is 23.4 Å². The second-order valence-corrected chi connectivity index (χ2v) is 7.61. The minimum absolute atomic E-state index is 0.117. The van der Waals surface area contributed by atoms with E-state index in [4.69, 9.17) is 0 Å². The van der Waals surface area contributed by atoms with Crippen molar-refractivity contribution in [2.24, 2.45) is 0 Å². The van der Waals surface area contributed by atoms with Crippen LogP contribution in [0.2, 0.25) is 0 Å². The number of benzene rings is 1. The molecule has 0 spiro atoms. The summed E-state index contributed by atoms with van der Waals surface area (Å²) < 4.78 is 40.3. The molecule has 2 saturated heterocycles. The van der Waals surface area contributed by atoms with Gasteiger partial charge in [0.15, 0.2) is 0 Å². The Morgan fingerprint density at radius 2 is 1.65 bits per heavy atom. The van der Waals surface area contributed by atoms with Crippen LogP contribution in [0, 0.1) is 0 Å². The molecule has 0 aromatic heterocycles. The fourth-order valence-corrected chi connectivity index (χ4v) is 5.32. The molecule has 2 amide bonds. The van der Waals surface area contributed by atoms with Crippen LogP contribution in [-0.2, 0) is 9.59 Å². The predicted octanol–water partition coefficient (Wildman–Crippen LogP) is 2.92. The molecule has 3 rings (SSSR count). The lowest BCUT2D eigenvalue weighted by molar-refractivity contribution is -0.149. The molecule has 1 aromatic rings. The molecule has 2 fully saturated rings. The zero-order valence-corrected chi connectivity index (χ0v) is 13.6. The summed E-state index contributed by atoms with van der Waals surface area (Å²) in [6, 6.07) is 7.62. The lowest BCUT2D eigenvalue weighted by Gasteiger charge is -2.35. The molecule has 2 aliphatic heterocycles. The zero-order chi connectivity index (χ0) is 16.6. The quantitative estimate of drug-likeness (QED) is 0.759. The molecule has 0 saturated carbocycles. The Morgan fingerprint density at radius 1 is 1.04 bits per heavy atom. The van der Waals surface area contributed by atoms with Gasteiger partial charge in [-0.3, -0.25) is 14.5 Å². The van der Waals surface area contributed by atoms with Crippen molar-refractivity contribution in [3.8, 4) is 0 Å². The maximum atomic E-state index is 13.4. The van der Waals surface area contributed by atoms with Crippen molar-refractivity contribution in [2.75, 3.05) is 17.3 Å². The first kappa shape index (κ1) is 16.7. The molecule has 0 bridgehead atoms. The summed E-state index contributed by atoms with van der Waals surface area (Å²) in [6.45, 7) is 0. The lowest BCUT2D eigenvalue weighted by atomic mass is 9.88. The van der Waals surface area contributed by atoms with Gasteiger partial charge in [-0.25, -0.2) is 0 Å². The Labute approximate surface area is 140 Å². The highest BCUT2D eigenvalue weighted by molar-refractivity contribution is 8.00. The van der Waals surface area contributed by atoms with Crippen LogP contribution in [0.1, 0.15) is 11.5 Å². The molecule has 3 unspecified atom stereocenters. The Bertz CT molecular complexity index is 592. The average molecular weight is 361 g/mol. The highest BCUT2D eigenvalue weighted by atomic mass is 32.2. The Hall–Kier alpha value is -1.15. The van der Waals surface area contributed by atoms with E-state index in [0.717, 1.165) is 16.7 Å². The van der Waals surface area contributed by atoms with Gasteiger partial charge in [0.2, 0.25) is 11.8 Å². The van der Waals surface area contributed by atoms with Gasteiger partial charge in [0, 0.05) is 11.7 Å².